The molecule has 0 bridgehead atoms. The van der Waals surface area contributed by atoms with Gasteiger partial charge in [-0.05, 0) is 57.3 Å². The Morgan fingerprint density at radius 2 is 1.26 bits per heavy atom. The van der Waals surface area contributed by atoms with Crippen molar-refractivity contribution in [2.24, 2.45) is 5.73 Å². The maximum atomic E-state index is 6.02. The van der Waals surface area contributed by atoms with Gasteiger partial charge < -0.3 is 10.5 Å². The zero-order valence-electron chi connectivity index (χ0n) is 16.0. The van der Waals surface area contributed by atoms with E-state index < -0.39 is 0 Å². The van der Waals surface area contributed by atoms with Crippen molar-refractivity contribution in [1.29, 1.82) is 0 Å². The summed E-state index contributed by atoms with van der Waals surface area (Å²) < 4.78 is 6.02. The molecule has 0 aromatic heterocycles. The molecule has 0 aliphatic heterocycles. The topological polar surface area (TPSA) is 35.2 Å². The molecule has 0 aliphatic rings. The van der Waals surface area contributed by atoms with Crippen LogP contribution in [0.4, 0.5) is 0 Å². The second-order valence-corrected chi connectivity index (χ2v) is 7.54. The van der Waals surface area contributed by atoms with E-state index >= 15 is 0 Å². The highest BCUT2D eigenvalue weighted by atomic mass is 16.5. The van der Waals surface area contributed by atoms with Crippen molar-refractivity contribution < 1.29 is 4.74 Å². The van der Waals surface area contributed by atoms with Gasteiger partial charge in [-0.25, -0.2) is 0 Å². The van der Waals surface area contributed by atoms with Crippen LogP contribution in [0.25, 0.3) is 32.3 Å². The molecule has 0 fully saturated rings. The summed E-state index contributed by atoms with van der Waals surface area (Å²) in [5, 5.41) is 8.05. The van der Waals surface area contributed by atoms with Crippen LogP contribution in [0, 0.1) is 0 Å². The fourth-order valence-corrected chi connectivity index (χ4v) is 4.16. The average Bonchev–Trinajstić information content (AvgIpc) is 2.71. The molecule has 4 rings (SSSR count). The van der Waals surface area contributed by atoms with Crippen molar-refractivity contribution in [3.05, 3.63) is 60.2 Å². The molecule has 0 saturated carbocycles. The third-order valence-corrected chi connectivity index (χ3v) is 5.62. The van der Waals surface area contributed by atoms with E-state index in [-0.39, 0.29) is 0 Å². The van der Waals surface area contributed by atoms with Crippen LogP contribution in [-0.2, 0) is 11.3 Å². The van der Waals surface area contributed by atoms with Gasteiger partial charge in [-0.3, -0.25) is 0 Å². The third kappa shape index (κ3) is 3.92. The molecule has 0 unspecified atom stereocenters. The minimum absolute atomic E-state index is 0.696. The summed E-state index contributed by atoms with van der Waals surface area (Å²) in [6.07, 6.45) is 7.41. The number of rotatable bonds is 10. The average molecular weight is 360 g/mol. The van der Waals surface area contributed by atoms with Gasteiger partial charge in [0.2, 0.25) is 0 Å². The van der Waals surface area contributed by atoms with Crippen molar-refractivity contribution >= 4 is 32.3 Å². The fraction of sp³-hybridized carbons (Fsp3) is 0.360. The SMILES string of the molecule is NCCCCCCCCOCc1ccc2ccc3cccc4ccc1c2c34. The zero-order chi connectivity index (χ0) is 18.5. The summed E-state index contributed by atoms with van der Waals surface area (Å²) in [7, 11) is 0. The molecule has 0 amide bonds. The van der Waals surface area contributed by atoms with Crippen LogP contribution >= 0.6 is 0 Å². The second kappa shape index (κ2) is 8.69. The molecule has 140 valence electrons. The van der Waals surface area contributed by atoms with Crippen molar-refractivity contribution in [1.82, 2.24) is 0 Å². The standard InChI is InChI=1S/C25H29NO/c26-16-5-3-1-2-4-6-17-27-18-22-13-12-21-11-10-19-8-7-9-20-14-15-23(22)25(21)24(19)20/h7-15H,1-6,16-18,26H2. The summed E-state index contributed by atoms with van der Waals surface area (Å²) in [5.74, 6) is 0. The molecule has 0 heterocycles. The lowest BCUT2D eigenvalue weighted by molar-refractivity contribution is 0.117. The first kappa shape index (κ1) is 18.2. The summed E-state index contributed by atoms with van der Waals surface area (Å²) in [4.78, 5) is 0. The van der Waals surface area contributed by atoms with Crippen LogP contribution in [-0.4, -0.2) is 13.2 Å². The Morgan fingerprint density at radius 3 is 2.04 bits per heavy atom. The lowest BCUT2D eigenvalue weighted by Gasteiger charge is -2.14. The van der Waals surface area contributed by atoms with E-state index in [1.165, 1.54) is 63.6 Å². The molecule has 27 heavy (non-hydrogen) atoms. The largest absolute Gasteiger partial charge is 0.377 e. The molecule has 2 heteroatoms. The maximum Gasteiger partial charge on any atom is 0.0722 e. The van der Waals surface area contributed by atoms with Gasteiger partial charge in [0.05, 0.1) is 6.61 Å². The number of ether oxygens (including phenoxy) is 1. The Hall–Kier alpha value is -2.16. The van der Waals surface area contributed by atoms with Crippen molar-refractivity contribution in [2.45, 2.75) is 45.1 Å². The number of hydrogen-bond donors (Lipinski definition) is 1. The van der Waals surface area contributed by atoms with E-state index in [1.54, 1.807) is 0 Å². The second-order valence-electron chi connectivity index (χ2n) is 7.54. The molecular formula is C25H29NO. The summed E-state index contributed by atoms with van der Waals surface area (Å²) in [5.41, 5.74) is 6.83. The van der Waals surface area contributed by atoms with Crippen LogP contribution in [0.15, 0.2) is 54.6 Å². The Balaban J connectivity index is 1.42. The van der Waals surface area contributed by atoms with E-state index in [0.717, 1.165) is 26.0 Å². The summed E-state index contributed by atoms with van der Waals surface area (Å²) >= 11 is 0. The highest BCUT2D eigenvalue weighted by Crippen LogP contribution is 2.36. The first-order valence-corrected chi connectivity index (χ1v) is 10.3. The lowest BCUT2D eigenvalue weighted by Crippen LogP contribution is -1.98. The van der Waals surface area contributed by atoms with Crippen molar-refractivity contribution in [3.8, 4) is 0 Å². The van der Waals surface area contributed by atoms with Crippen molar-refractivity contribution in [2.75, 3.05) is 13.2 Å². The Bertz CT molecular complexity index is 991. The molecule has 4 aromatic rings. The number of unbranched alkanes of at least 4 members (excludes halogenated alkanes) is 5. The summed E-state index contributed by atoms with van der Waals surface area (Å²) in [6.45, 7) is 2.36. The Labute approximate surface area is 161 Å². The molecule has 0 atom stereocenters. The molecule has 0 aliphatic carbocycles. The normalized spacial score (nSPS) is 11.9. The third-order valence-electron chi connectivity index (χ3n) is 5.62. The quantitative estimate of drug-likeness (QED) is 0.263. The smallest absolute Gasteiger partial charge is 0.0722 e. The highest BCUT2D eigenvalue weighted by Gasteiger charge is 2.10. The van der Waals surface area contributed by atoms with Crippen LogP contribution < -0.4 is 5.73 Å². The van der Waals surface area contributed by atoms with E-state index in [0.29, 0.717) is 6.61 Å². The van der Waals surface area contributed by atoms with Gasteiger partial charge in [0.1, 0.15) is 0 Å². The molecular weight excluding hydrogens is 330 g/mol. The van der Waals surface area contributed by atoms with Gasteiger partial charge in [0, 0.05) is 6.61 Å². The zero-order valence-corrected chi connectivity index (χ0v) is 16.0. The molecule has 0 radical (unpaired) electrons. The predicted molar refractivity (Wildman–Crippen MR) is 117 cm³/mol. The minimum atomic E-state index is 0.696. The van der Waals surface area contributed by atoms with E-state index in [4.69, 9.17) is 10.5 Å². The fourth-order valence-electron chi connectivity index (χ4n) is 4.16. The summed E-state index contributed by atoms with van der Waals surface area (Å²) in [6, 6.07) is 20.0. The van der Waals surface area contributed by atoms with E-state index in [9.17, 15) is 0 Å². The first-order valence-electron chi connectivity index (χ1n) is 10.3. The minimum Gasteiger partial charge on any atom is -0.377 e. The predicted octanol–water partition coefficient (Wildman–Crippen LogP) is 6.40. The van der Waals surface area contributed by atoms with Gasteiger partial charge in [-0.2, -0.15) is 0 Å². The lowest BCUT2D eigenvalue weighted by atomic mass is 9.92. The number of benzene rings is 4. The van der Waals surface area contributed by atoms with Crippen LogP contribution in [0.5, 0.6) is 0 Å². The van der Waals surface area contributed by atoms with Crippen LogP contribution in [0.3, 0.4) is 0 Å². The molecule has 0 saturated heterocycles. The Kier molecular flexibility index (Phi) is 5.86. The van der Waals surface area contributed by atoms with Crippen LogP contribution in [0.1, 0.15) is 44.1 Å². The molecule has 0 spiro atoms. The van der Waals surface area contributed by atoms with E-state index in [1.807, 2.05) is 0 Å². The van der Waals surface area contributed by atoms with Crippen molar-refractivity contribution in [3.63, 3.8) is 0 Å². The molecule has 2 nitrogen and oxygen atoms in total. The van der Waals surface area contributed by atoms with Gasteiger partial charge >= 0.3 is 0 Å². The maximum absolute atomic E-state index is 6.02. The van der Waals surface area contributed by atoms with Gasteiger partial charge in [-0.1, -0.05) is 80.3 Å². The highest BCUT2D eigenvalue weighted by molar-refractivity contribution is 6.23. The molecule has 4 aromatic carbocycles. The van der Waals surface area contributed by atoms with Gasteiger partial charge in [0.15, 0.2) is 0 Å². The van der Waals surface area contributed by atoms with Crippen LogP contribution in [0.2, 0.25) is 0 Å². The van der Waals surface area contributed by atoms with Gasteiger partial charge in [-0.15, -0.1) is 0 Å². The first-order chi connectivity index (χ1) is 13.4. The monoisotopic (exact) mass is 359 g/mol. The molecule has 2 N–H and O–H groups in total. The number of hydrogen-bond acceptors (Lipinski definition) is 2. The van der Waals surface area contributed by atoms with E-state index in [2.05, 4.69) is 54.6 Å². The Morgan fingerprint density at radius 1 is 0.630 bits per heavy atom. The van der Waals surface area contributed by atoms with Gasteiger partial charge in [0.25, 0.3) is 0 Å². The number of nitrogens with two attached hydrogens (primary N) is 1.